The van der Waals surface area contributed by atoms with Gasteiger partial charge in [-0.05, 0) is 18.8 Å². The van der Waals surface area contributed by atoms with Crippen molar-refractivity contribution in [2.75, 3.05) is 26.4 Å². The molecule has 0 radical (unpaired) electrons. The summed E-state index contributed by atoms with van der Waals surface area (Å²) in [6, 6.07) is 0. The lowest BCUT2D eigenvalue weighted by Crippen LogP contribution is -2.48. The van der Waals surface area contributed by atoms with E-state index in [-0.39, 0.29) is 18.6 Å². The van der Waals surface area contributed by atoms with Crippen molar-refractivity contribution >= 4 is 12.4 Å². The van der Waals surface area contributed by atoms with Gasteiger partial charge >= 0.3 is 0 Å². The molecule has 1 N–H and O–H groups in total. The molecule has 0 aromatic heterocycles. The zero-order valence-electron chi connectivity index (χ0n) is 9.62. The Morgan fingerprint density at radius 3 is 2.73 bits per heavy atom. The molecule has 0 spiro atoms. The number of hydrogen-bond acceptors (Lipinski definition) is 3. The summed E-state index contributed by atoms with van der Waals surface area (Å²) in [5.41, 5.74) is 0.294. The average Bonchev–Trinajstić information content (AvgIpc) is 2.61. The van der Waals surface area contributed by atoms with E-state index in [1.165, 1.54) is 6.42 Å². The van der Waals surface area contributed by atoms with Gasteiger partial charge in [0.25, 0.3) is 0 Å². The highest BCUT2D eigenvalue weighted by molar-refractivity contribution is 5.85. The summed E-state index contributed by atoms with van der Waals surface area (Å²) in [5.74, 6) is 0.703. The molecule has 2 atom stereocenters. The maximum Gasteiger partial charge on any atom is 0.108 e. The van der Waals surface area contributed by atoms with Crippen molar-refractivity contribution in [3.63, 3.8) is 0 Å². The quantitative estimate of drug-likeness (QED) is 0.792. The Kier molecular flexibility index (Phi) is 4.84. The Morgan fingerprint density at radius 2 is 2.20 bits per heavy atom. The Labute approximate surface area is 98.3 Å². The number of rotatable bonds is 2. The molecule has 0 aromatic carbocycles. The molecule has 2 aliphatic rings. The second-order valence-electron chi connectivity index (χ2n) is 5.31. The molecule has 0 aliphatic carbocycles. The summed E-state index contributed by atoms with van der Waals surface area (Å²) in [5, 5.41) is 3.46. The van der Waals surface area contributed by atoms with Crippen LogP contribution in [0.2, 0.25) is 0 Å². The Hall–Kier alpha value is 0.170. The molecule has 2 fully saturated rings. The molecular weight excluding hydrogens is 214 g/mol. The van der Waals surface area contributed by atoms with E-state index in [0.29, 0.717) is 11.3 Å². The predicted molar refractivity (Wildman–Crippen MR) is 62.3 cm³/mol. The minimum atomic E-state index is 0. The van der Waals surface area contributed by atoms with Gasteiger partial charge < -0.3 is 9.47 Å². The van der Waals surface area contributed by atoms with Crippen molar-refractivity contribution < 1.29 is 9.47 Å². The first-order valence-corrected chi connectivity index (χ1v) is 5.58. The molecule has 2 unspecified atom stereocenters. The van der Waals surface area contributed by atoms with E-state index in [4.69, 9.17) is 9.47 Å². The molecular formula is C11H22ClNO2. The normalized spacial score (nSPS) is 34.8. The Bertz CT molecular complexity index is 183. The number of ether oxygens (including phenoxy) is 2. The third-order valence-electron chi connectivity index (χ3n) is 3.05. The second-order valence-corrected chi connectivity index (χ2v) is 5.31. The van der Waals surface area contributed by atoms with Crippen molar-refractivity contribution in [2.45, 2.75) is 32.9 Å². The van der Waals surface area contributed by atoms with Crippen LogP contribution in [-0.2, 0) is 9.47 Å². The minimum Gasteiger partial charge on any atom is -0.381 e. The lowest BCUT2D eigenvalue weighted by atomic mass is 9.92. The van der Waals surface area contributed by atoms with E-state index < -0.39 is 0 Å². The zero-order chi connectivity index (χ0) is 10.0. The van der Waals surface area contributed by atoms with Crippen LogP contribution in [0.15, 0.2) is 0 Å². The largest absolute Gasteiger partial charge is 0.381 e. The Morgan fingerprint density at radius 1 is 1.40 bits per heavy atom. The molecule has 2 aliphatic heterocycles. The van der Waals surface area contributed by atoms with Gasteiger partial charge in [-0.15, -0.1) is 12.4 Å². The molecule has 3 nitrogen and oxygen atoms in total. The van der Waals surface area contributed by atoms with Gasteiger partial charge in [0.15, 0.2) is 0 Å². The first kappa shape index (κ1) is 13.2. The lowest BCUT2D eigenvalue weighted by molar-refractivity contribution is -0.0674. The summed E-state index contributed by atoms with van der Waals surface area (Å²) in [7, 11) is 0. The molecule has 2 saturated heterocycles. The predicted octanol–water partition coefficient (Wildman–Crippen LogP) is 1.81. The van der Waals surface area contributed by atoms with Crippen LogP contribution in [0.3, 0.4) is 0 Å². The van der Waals surface area contributed by atoms with Gasteiger partial charge in [-0.25, -0.2) is 0 Å². The summed E-state index contributed by atoms with van der Waals surface area (Å²) >= 11 is 0. The van der Waals surface area contributed by atoms with E-state index in [9.17, 15) is 0 Å². The molecule has 2 rings (SSSR count). The van der Waals surface area contributed by atoms with Crippen molar-refractivity contribution in [3.8, 4) is 0 Å². The maximum atomic E-state index is 5.79. The molecule has 0 aromatic rings. The first-order valence-electron chi connectivity index (χ1n) is 5.58. The van der Waals surface area contributed by atoms with E-state index in [1.807, 2.05) is 0 Å². The van der Waals surface area contributed by atoms with Gasteiger partial charge in [-0.3, -0.25) is 5.32 Å². The van der Waals surface area contributed by atoms with Gasteiger partial charge in [0, 0.05) is 25.2 Å². The maximum absolute atomic E-state index is 5.79. The van der Waals surface area contributed by atoms with Crippen LogP contribution in [0, 0.1) is 11.3 Å². The van der Waals surface area contributed by atoms with E-state index in [1.54, 1.807) is 0 Å². The fraction of sp³-hybridized carbons (Fsp3) is 1.00. The van der Waals surface area contributed by atoms with Crippen LogP contribution in [0.4, 0.5) is 0 Å². The monoisotopic (exact) mass is 235 g/mol. The molecule has 0 amide bonds. The Balaban J connectivity index is 0.00000112. The number of hydrogen-bond donors (Lipinski definition) is 1. The minimum absolute atomic E-state index is 0. The molecule has 15 heavy (non-hydrogen) atoms. The zero-order valence-corrected chi connectivity index (χ0v) is 10.4. The summed E-state index contributed by atoms with van der Waals surface area (Å²) in [4.78, 5) is 0. The average molecular weight is 236 g/mol. The first-order chi connectivity index (χ1) is 6.66. The number of halogens is 1. The molecule has 90 valence electrons. The summed E-state index contributed by atoms with van der Waals surface area (Å²) < 4.78 is 11.1. The fourth-order valence-electron chi connectivity index (χ4n) is 2.05. The molecule has 0 saturated carbocycles. The highest BCUT2D eigenvalue weighted by Gasteiger charge is 2.29. The van der Waals surface area contributed by atoms with Crippen LogP contribution in [0.1, 0.15) is 26.7 Å². The standard InChI is InChI=1S/C11H21NO2.ClH/c1-11(2)7-12-10(14-8-11)5-9-3-4-13-6-9;/h9-10,12H,3-8H2,1-2H3;1H. The van der Waals surface area contributed by atoms with Crippen LogP contribution >= 0.6 is 12.4 Å². The fourth-order valence-corrected chi connectivity index (χ4v) is 2.05. The van der Waals surface area contributed by atoms with Gasteiger partial charge in [0.05, 0.1) is 6.61 Å². The van der Waals surface area contributed by atoms with E-state index >= 15 is 0 Å². The van der Waals surface area contributed by atoms with Gasteiger partial charge in [0.1, 0.15) is 6.23 Å². The van der Waals surface area contributed by atoms with Crippen LogP contribution in [0.5, 0.6) is 0 Å². The van der Waals surface area contributed by atoms with E-state index in [0.717, 1.165) is 32.8 Å². The van der Waals surface area contributed by atoms with Gasteiger partial charge in [0.2, 0.25) is 0 Å². The van der Waals surface area contributed by atoms with Gasteiger partial charge in [-0.1, -0.05) is 13.8 Å². The van der Waals surface area contributed by atoms with Crippen LogP contribution in [0.25, 0.3) is 0 Å². The lowest BCUT2D eigenvalue weighted by Gasteiger charge is -2.36. The van der Waals surface area contributed by atoms with Crippen LogP contribution < -0.4 is 5.32 Å². The third kappa shape index (κ3) is 3.91. The van der Waals surface area contributed by atoms with Crippen molar-refractivity contribution in [2.24, 2.45) is 11.3 Å². The van der Waals surface area contributed by atoms with Crippen molar-refractivity contribution in [1.82, 2.24) is 5.32 Å². The van der Waals surface area contributed by atoms with Crippen molar-refractivity contribution in [3.05, 3.63) is 0 Å². The van der Waals surface area contributed by atoms with Crippen molar-refractivity contribution in [1.29, 1.82) is 0 Å². The van der Waals surface area contributed by atoms with Gasteiger partial charge in [-0.2, -0.15) is 0 Å². The summed E-state index contributed by atoms with van der Waals surface area (Å²) in [6.45, 7) is 8.25. The third-order valence-corrected chi connectivity index (χ3v) is 3.05. The molecule has 2 heterocycles. The molecule has 0 bridgehead atoms. The highest BCUT2D eigenvalue weighted by atomic mass is 35.5. The summed E-state index contributed by atoms with van der Waals surface area (Å²) in [6.07, 6.45) is 2.57. The highest BCUT2D eigenvalue weighted by Crippen LogP contribution is 2.24. The second kappa shape index (κ2) is 5.48. The smallest absolute Gasteiger partial charge is 0.108 e. The van der Waals surface area contributed by atoms with E-state index in [2.05, 4.69) is 19.2 Å². The number of nitrogens with one attached hydrogen (secondary N) is 1. The topological polar surface area (TPSA) is 30.5 Å². The SMILES string of the molecule is CC1(C)CNC(CC2CCOC2)OC1.Cl. The molecule has 4 heteroatoms. The van der Waals surface area contributed by atoms with Crippen LogP contribution in [-0.4, -0.2) is 32.6 Å².